The van der Waals surface area contributed by atoms with Crippen LogP contribution in [0.2, 0.25) is 0 Å². The fourth-order valence-electron chi connectivity index (χ4n) is 2.83. The molecule has 0 bridgehead atoms. The van der Waals surface area contributed by atoms with Crippen molar-refractivity contribution in [1.82, 2.24) is 9.97 Å². The minimum absolute atomic E-state index is 0.0499. The van der Waals surface area contributed by atoms with Crippen LogP contribution in [0.1, 0.15) is 36.8 Å². The third kappa shape index (κ3) is 4.48. The smallest absolute Gasteiger partial charge is 0.367 e. The lowest BCUT2D eigenvalue weighted by Gasteiger charge is -2.16. The number of nitrogens with zero attached hydrogens (tertiary/aromatic N) is 2. The molecular weight excluding hydrogens is 421 g/mol. The molecule has 2 fully saturated rings. The molecule has 4 N–H and O–H groups in total. The number of benzene rings is 1. The zero-order valence-electron chi connectivity index (χ0n) is 15.6. The molecule has 0 unspecified atom stereocenters. The first-order valence-electron chi connectivity index (χ1n) is 9.30. The van der Waals surface area contributed by atoms with Crippen LogP contribution in [0.25, 0.3) is 0 Å². The van der Waals surface area contributed by atoms with Gasteiger partial charge in [0.1, 0.15) is 11.4 Å². The van der Waals surface area contributed by atoms with Crippen molar-refractivity contribution in [2.75, 3.05) is 15.4 Å². The minimum Gasteiger partial charge on any atom is -0.367 e. The molecule has 0 spiro atoms. The van der Waals surface area contributed by atoms with E-state index in [1.165, 1.54) is 6.07 Å². The summed E-state index contributed by atoms with van der Waals surface area (Å²) in [7, 11) is -3.54. The lowest BCUT2D eigenvalue weighted by atomic mass is 10.1. The van der Waals surface area contributed by atoms with Crippen LogP contribution in [-0.4, -0.2) is 35.9 Å². The maximum atomic E-state index is 13.2. The van der Waals surface area contributed by atoms with Crippen molar-refractivity contribution in [3.63, 3.8) is 0 Å². The summed E-state index contributed by atoms with van der Waals surface area (Å²) in [4.78, 5) is 7.72. The minimum atomic E-state index is -4.60. The molecule has 30 heavy (non-hydrogen) atoms. The Balaban J connectivity index is 1.63. The quantitative estimate of drug-likeness (QED) is 0.465. The van der Waals surface area contributed by atoms with E-state index in [4.69, 9.17) is 5.41 Å². The second-order valence-electron chi connectivity index (χ2n) is 7.25. The molecule has 0 aliphatic heterocycles. The number of nitrogens with one attached hydrogen (secondary N) is 4. The first-order valence-corrected chi connectivity index (χ1v) is 10.8. The average molecular weight is 440 g/mol. The molecule has 4 rings (SSSR count). The fraction of sp³-hybridized carbons (Fsp3) is 0.389. The van der Waals surface area contributed by atoms with Crippen molar-refractivity contribution in [2.45, 2.75) is 43.2 Å². The van der Waals surface area contributed by atoms with E-state index >= 15 is 0 Å². The van der Waals surface area contributed by atoms with Crippen LogP contribution in [0, 0.1) is 5.41 Å². The summed E-state index contributed by atoms with van der Waals surface area (Å²) >= 11 is 0. The number of aromatic nitrogens is 2. The van der Waals surface area contributed by atoms with E-state index in [1.807, 2.05) is 0 Å². The van der Waals surface area contributed by atoms with Gasteiger partial charge in [-0.25, -0.2) is 13.4 Å². The van der Waals surface area contributed by atoms with Crippen molar-refractivity contribution in [1.29, 1.82) is 5.41 Å². The molecule has 1 heterocycles. The number of hydrogen-bond acceptors (Lipinski definition) is 7. The highest BCUT2D eigenvalue weighted by atomic mass is 32.2. The molecule has 0 saturated heterocycles. The van der Waals surface area contributed by atoms with Gasteiger partial charge in [-0.1, -0.05) is 6.07 Å². The number of halogens is 3. The van der Waals surface area contributed by atoms with Crippen LogP contribution >= 0.6 is 0 Å². The van der Waals surface area contributed by atoms with Gasteiger partial charge in [0, 0.05) is 24.0 Å². The fourth-order valence-corrected chi connectivity index (χ4v) is 4.24. The van der Waals surface area contributed by atoms with Gasteiger partial charge in [-0.3, -0.25) is 4.72 Å². The Morgan fingerprint density at radius 1 is 1.13 bits per heavy atom. The first-order chi connectivity index (χ1) is 14.2. The Morgan fingerprint density at radius 2 is 1.83 bits per heavy atom. The molecule has 12 heteroatoms. The van der Waals surface area contributed by atoms with Crippen molar-refractivity contribution in [2.24, 2.45) is 0 Å². The van der Waals surface area contributed by atoms with Crippen LogP contribution in [0.15, 0.2) is 24.4 Å². The number of rotatable bonds is 8. The SMILES string of the molecule is N=Cc1c(Nc2ncc(C(F)(F)F)c(NC3CC3)n2)cccc1NS(=O)(=O)C1CC1. The van der Waals surface area contributed by atoms with Crippen molar-refractivity contribution >= 4 is 39.4 Å². The summed E-state index contributed by atoms with van der Waals surface area (Å²) < 4.78 is 66.7. The Bertz CT molecular complexity index is 1080. The molecule has 160 valence electrons. The van der Waals surface area contributed by atoms with Gasteiger partial charge in [-0.2, -0.15) is 18.2 Å². The molecule has 2 aromatic rings. The number of sulfonamides is 1. The monoisotopic (exact) mass is 440 g/mol. The second-order valence-corrected chi connectivity index (χ2v) is 9.22. The third-order valence-electron chi connectivity index (χ3n) is 4.72. The maximum Gasteiger partial charge on any atom is 0.421 e. The molecule has 2 aliphatic rings. The molecule has 8 nitrogen and oxygen atoms in total. The molecule has 0 radical (unpaired) electrons. The van der Waals surface area contributed by atoms with Crippen LogP contribution in [0.5, 0.6) is 0 Å². The Labute approximate surface area is 170 Å². The highest BCUT2D eigenvalue weighted by Crippen LogP contribution is 2.37. The predicted octanol–water partition coefficient (Wildman–Crippen LogP) is 3.72. The predicted molar refractivity (Wildman–Crippen MR) is 107 cm³/mol. The van der Waals surface area contributed by atoms with E-state index in [0.29, 0.717) is 19.0 Å². The average Bonchev–Trinajstić information content (AvgIpc) is 3.54. The maximum absolute atomic E-state index is 13.2. The van der Waals surface area contributed by atoms with E-state index in [1.54, 1.807) is 12.1 Å². The number of alkyl halides is 3. The highest BCUT2D eigenvalue weighted by Gasteiger charge is 2.37. The summed E-state index contributed by atoms with van der Waals surface area (Å²) in [5, 5.41) is 12.8. The number of hydrogen-bond donors (Lipinski definition) is 4. The van der Waals surface area contributed by atoms with E-state index in [0.717, 1.165) is 19.1 Å². The highest BCUT2D eigenvalue weighted by molar-refractivity contribution is 7.93. The van der Waals surface area contributed by atoms with Gasteiger partial charge in [0.05, 0.1) is 16.6 Å². The van der Waals surface area contributed by atoms with Gasteiger partial charge in [0.15, 0.2) is 0 Å². The van der Waals surface area contributed by atoms with Crippen molar-refractivity contribution in [3.05, 3.63) is 35.5 Å². The van der Waals surface area contributed by atoms with Crippen molar-refractivity contribution in [3.8, 4) is 0 Å². The Kier molecular flexibility index (Phi) is 5.04. The largest absolute Gasteiger partial charge is 0.421 e. The summed E-state index contributed by atoms with van der Waals surface area (Å²) in [5.74, 6) is -0.416. The third-order valence-corrected chi connectivity index (χ3v) is 6.58. The normalized spacial score (nSPS) is 16.8. The van der Waals surface area contributed by atoms with Gasteiger partial charge in [-0.15, -0.1) is 0 Å². The van der Waals surface area contributed by atoms with E-state index in [9.17, 15) is 21.6 Å². The summed E-state index contributed by atoms with van der Waals surface area (Å²) in [6, 6.07) is 4.59. The first kappa shape index (κ1) is 20.4. The van der Waals surface area contributed by atoms with E-state index in [2.05, 4.69) is 25.3 Å². The standard InChI is InChI=1S/C18H19F3N6O2S/c19-18(20,21)13-9-23-17(26-16(13)24-10-4-5-10)25-14-2-1-3-15(12(14)8-22)27-30(28,29)11-6-7-11/h1-3,8-11,22,27H,4-7H2,(H2,23,24,25,26). The second kappa shape index (κ2) is 7.42. The molecule has 1 aromatic heterocycles. The summed E-state index contributed by atoms with van der Waals surface area (Å²) in [6.07, 6.45) is -0.232. The van der Waals surface area contributed by atoms with Crippen LogP contribution in [0.4, 0.5) is 36.3 Å². The summed E-state index contributed by atoms with van der Waals surface area (Å²) in [5.41, 5.74) is -0.247. The topological polar surface area (TPSA) is 120 Å². The molecule has 1 aromatic carbocycles. The van der Waals surface area contributed by atoms with Gasteiger partial charge >= 0.3 is 6.18 Å². The van der Waals surface area contributed by atoms with Crippen LogP contribution in [-0.2, 0) is 16.2 Å². The van der Waals surface area contributed by atoms with Gasteiger partial charge < -0.3 is 16.0 Å². The van der Waals surface area contributed by atoms with E-state index in [-0.39, 0.29) is 34.7 Å². The van der Waals surface area contributed by atoms with E-state index < -0.39 is 27.0 Å². The molecular formula is C18H19F3N6O2S. The molecule has 2 aliphatic carbocycles. The zero-order valence-corrected chi connectivity index (χ0v) is 16.4. The van der Waals surface area contributed by atoms with Crippen molar-refractivity contribution < 1.29 is 21.6 Å². The van der Waals surface area contributed by atoms with Gasteiger partial charge in [0.25, 0.3) is 0 Å². The summed E-state index contributed by atoms with van der Waals surface area (Å²) in [6.45, 7) is 0. The van der Waals surface area contributed by atoms with Crippen LogP contribution < -0.4 is 15.4 Å². The lowest BCUT2D eigenvalue weighted by Crippen LogP contribution is -2.19. The zero-order chi connectivity index (χ0) is 21.5. The Hall–Kier alpha value is -2.89. The molecule has 2 saturated carbocycles. The van der Waals surface area contributed by atoms with Gasteiger partial charge in [0.2, 0.25) is 16.0 Å². The lowest BCUT2D eigenvalue weighted by molar-refractivity contribution is -0.137. The van der Waals surface area contributed by atoms with Crippen LogP contribution in [0.3, 0.4) is 0 Å². The van der Waals surface area contributed by atoms with Gasteiger partial charge in [-0.05, 0) is 37.8 Å². The molecule has 0 amide bonds. The number of anilines is 4. The molecule has 0 atom stereocenters. The Morgan fingerprint density at radius 3 is 2.43 bits per heavy atom.